The molecule has 0 unspecified atom stereocenters. The van der Waals surface area contributed by atoms with E-state index in [1.165, 1.54) is 6.07 Å². The van der Waals surface area contributed by atoms with Crippen molar-refractivity contribution in [3.63, 3.8) is 0 Å². The molecule has 0 aliphatic heterocycles. The highest BCUT2D eigenvalue weighted by Crippen LogP contribution is 2.31. The van der Waals surface area contributed by atoms with Crippen LogP contribution in [0.1, 0.15) is 18.1 Å². The largest absolute Gasteiger partial charge is 0.506 e. The van der Waals surface area contributed by atoms with Crippen molar-refractivity contribution >= 4 is 40.5 Å². The summed E-state index contributed by atoms with van der Waals surface area (Å²) in [4.78, 5) is 4.42. The number of hydrogen-bond acceptors (Lipinski definition) is 2. The van der Waals surface area contributed by atoms with Gasteiger partial charge in [0.15, 0.2) is 0 Å². The van der Waals surface area contributed by atoms with Crippen molar-refractivity contribution in [2.75, 3.05) is 0 Å². The second kappa shape index (κ2) is 6.49. The minimum absolute atomic E-state index is 0.0172. The van der Waals surface area contributed by atoms with E-state index in [1.54, 1.807) is 13.0 Å². The van der Waals surface area contributed by atoms with Crippen LogP contribution in [-0.4, -0.2) is 10.8 Å². The number of hydrogen-bond donors (Lipinski definition) is 1. The molecule has 2 aromatic rings. The van der Waals surface area contributed by atoms with Crippen molar-refractivity contribution in [3.05, 3.63) is 62.6 Å². The third-order valence-electron chi connectivity index (χ3n) is 2.86. The second-order valence-electron chi connectivity index (χ2n) is 4.28. The fraction of sp³-hybridized carbons (Fsp3) is 0.133. The predicted molar refractivity (Wildman–Crippen MR) is 85.5 cm³/mol. The smallest absolute Gasteiger partial charge is 0.143 e. The molecule has 0 heterocycles. The lowest BCUT2D eigenvalue weighted by molar-refractivity contribution is 0.474. The highest BCUT2D eigenvalue weighted by atomic mass is 35.5. The SMILES string of the molecule is CC(=NCc1ccccc1Cl)c1cc(Cl)cc(Cl)c1O. The van der Waals surface area contributed by atoms with Crippen LogP contribution < -0.4 is 0 Å². The first kappa shape index (κ1) is 15.2. The van der Waals surface area contributed by atoms with Crippen LogP contribution in [0.25, 0.3) is 0 Å². The Bertz CT molecular complexity index is 668. The molecule has 0 bridgehead atoms. The topological polar surface area (TPSA) is 32.6 Å². The quantitative estimate of drug-likeness (QED) is 0.756. The minimum Gasteiger partial charge on any atom is -0.506 e. The molecular formula is C15H12Cl3NO. The molecule has 0 aliphatic carbocycles. The van der Waals surface area contributed by atoms with Crippen LogP contribution in [0.5, 0.6) is 5.75 Å². The van der Waals surface area contributed by atoms with Crippen LogP contribution in [0.4, 0.5) is 0 Å². The van der Waals surface area contributed by atoms with Crippen LogP contribution in [0.15, 0.2) is 41.4 Å². The average Bonchev–Trinajstić information content (AvgIpc) is 2.41. The molecule has 1 N–H and O–H groups in total. The summed E-state index contributed by atoms with van der Waals surface area (Å²) in [6, 6.07) is 10.6. The number of aromatic hydroxyl groups is 1. The number of nitrogens with zero attached hydrogens (tertiary/aromatic N) is 1. The zero-order chi connectivity index (χ0) is 14.7. The Kier molecular flexibility index (Phi) is 4.92. The first-order valence-electron chi connectivity index (χ1n) is 5.92. The maximum atomic E-state index is 9.95. The van der Waals surface area contributed by atoms with Crippen LogP contribution >= 0.6 is 34.8 Å². The van der Waals surface area contributed by atoms with E-state index in [2.05, 4.69) is 4.99 Å². The van der Waals surface area contributed by atoms with E-state index in [0.717, 1.165) is 5.56 Å². The summed E-state index contributed by atoms with van der Waals surface area (Å²) in [5.74, 6) is -0.0172. The summed E-state index contributed by atoms with van der Waals surface area (Å²) >= 11 is 17.9. The highest BCUT2D eigenvalue weighted by molar-refractivity contribution is 6.36. The number of phenols is 1. The summed E-state index contributed by atoms with van der Waals surface area (Å²) in [6.07, 6.45) is 0. The molecule has 0 spiro atoms. The monoisotopic (exact) mass is 327 g/mol. The molecule has 0 saturated heterocycles. The second-order valence-corrected chi connectivity index (χ2v) is 5.53. The van der Waals surface area contributed by atoms with Crippen molar-refractivity contribution in [2.45, 2.75) is 13.5 Å². The summed E-state index contributed by atoms with van der Waals surface area (Å²) in [5.41, 5.74) is 2.09. The van der Waals surface area contributed by atoms with Gasteiger partial charge in [-0.2, -0.15) is 0 Å². The van der Waals surface area contributed by atoms with E-state index < -0.39 is 0 Å². The summed E-state index contributed by atoms with van der Waals surface area (Å²) in [7, 11) is 0. The first-order chi connectivity index (χ1) is 9.49. The molecule has 2 rings (SSSR count). The Morgan fingerprint density at radius 3 is 2.50 bits per heavy atom. The van der Waals surface area contributed by atoms with E-state index in [1.807, 2.05) is 24.3 Å². The zero-order valence-electron chi connectivity index (χ0n) is 10.7. The van der Waals surface area contributed by atoms with Crippen LogP contribution in [0.2, 0.25) is 15.1 Å². The Balaban J connectivity index is 2.30. The van der Waals surface area contributed by atoms with Crippen LogP contribution in [-0.2, 0) is 6.54 Å². The zero-order valence-corrected chi connectivity index (χ0v) is 13.0. The summed E-state index contributed by atoms with van der Waals surface area (Å²) in [6.45, 7) is 2.22. The number of halogens is 3. The summed E-state index contributed by atoms with van der Waals surface area (Å²) < 4.78 is 0. The molecular weight excluding hydrogens is 317 g/mol. The normalized spacial score (nSPS) is 11.7. The van der Waals surface area contributed by atoms with Gasteiger partial charge in [0.1, 0.15) is 5.75 Å². The molecule has 20 heavy (non-hydrogen) atoms. The van der Waals surface area contributed by atoms with E-state index in [9.17, 15) is 5.11 Å². The highest BCUT2D eigenvalue weighted by Gasteiger charge is 2.10. The van der Waals surface area contributed by atoms with Gasteiger partial charge in [-0.3, -0.25) is 4.99 Å². The molecule has 104 valence electrons. The van der Waals surface area contributed by atoms with Gasteiger partial charge in [0.2, 0.25) is 0 Å². The van der Waals surface area contributed by atoms with Crippen molar-refractivity contribution in [1.29, 1.82) is 0 Å². The number of rotatable bonds is 3. The van der Waals surface area contributed by atoms with Gasteiger partial charge in [0, 0.05) is 21.3 Å². The Morgan fingerprint density at radius 2 is 1.80 bits per heavy atom. The van der Waals surface area contributed by atoms with Gasteiger partial charge in [-0.15, -0.1) is 0 Å². The van der Waals surface area contributed by atoms with E-state index in [-0.39, 0.29) is 10.8 Å². The van der Waals surface area contributed by atoms with Crippen molar-refractivity contribution in [1.82, 2.24) is 0 Å². The van der Waals surface area contributed by atoms with Gasteiger partial charge in [0.05, 0.1) is 11.6 Å². The van der Waals surface area contributed by atoms with Crippen LogP contribution in [0, 0.1) is 0 Å². The number of phenolic OH excluding ortho intramolecular Hbond substituents is 1. The fourth-order valence-electron chi connectivity index (χ4n) is 1.76. The molecule has 0 aromatic heterocycles. The van der Waals surface area contributed by atoms with Crippen molar-refractivity contribution in [2.24, 2.45) is 4.99 Å². The van der Waals surface area contributed by atoms with Crippen molar-refractivity contribution < 1.29 is 5.11 Å². The predicted octanol–water partition coefficient (Wildman–Crippen LogP) is 5.36. The average molecular weight is 329 g/mol. The standard InChI is InChI=1S/C15H12Cl3NO/c1-9(12-6-11(16)7-14(18)15(12)20)19-8-10-4-2-3-5-13(10)17/h2-7,20H,8H2,1H3. The molecule has 5 heteroatoms. The Hall–Kier alpha value is -1.22. The molecule has 2 aromatic carbocycles. The lowest BCUT2D eigenvalue weighted by atomic mass is 10.1. The third kappa shape index (κ3) is 3.45. The van der Waals surface area contributed by atoms with Gasteiger partial charge in [-0.1, -0.05) is 53.0 Å². The van der Waals surface area contributed by atoms with E-state index in [4.69, 9.17) is 34.8 Å². The number of aliphatic imine (C=N–C) groups is 1. The lowest BCUT2D eigenvalue weighted by Crippen LogP contribution is -1.97. The maximum Gasteiger partial charge on any atom is 0.143 e. The molecule has 0 aliphatic rings. The van der Waals surface area contributed by atoms with Crippen LogP contribution in [0.3, 0.4) is 0 Å². The van der Waals surface area contributed by atoms with Gasteiger partial charge in [-0.05, 0) is 30.7 Å². The number of benzene rings is 2. The van der Waals surface area contributed by atoms with Gasteiger partial charge in [-0.25, -0.2) is 0 Å². The van der Waals surface area contributed by atoms with E-state index in [0.29, 0.717) is 27.9 Å². The Labute approximate surface area is 132 Å². The summed E-state index contributed by atoms with van der Waals surface area (Å²) in [5, 5.41) is 11.3. The molecule has 0 saturated carbocycles. The lowest BCUT2D eigenvalue weighted by Gasteiger charge is -2.07. The minimum atomic E-state index is -0.0172. The molecule has 0 atom stereocenters. The van der Waals surface area contributed by atoms with Gasteiger partial charge in [0.25, 0.3) is 0 Å². The molecule has 0 radical (unpaired) electrons. The molecule has 0 fully saturated rings. The maximum absolute atomic E-state index is 9.95. The first-order valence-corrected chi connectivity index (χ1v) is 7.05. The van der Waals surface area contributed by atoms with Gasteiger partial charge >= 0.3 is 0 Å². The van der Waals surface area contributed by atoms with Crippen molar-refractivity contribution in [3.8, 4) is 5.75 Å². The third-order valence-corrected chi connectivity index (χ3v) is 3.74. The fourth-order valence-corrected chi connectivity index (χ4v) is 2.45. The van der Waals surface area contributed by atoms with E-state index >= 15 is 0 Å². The molecule has 2 nitrogen and oxygen atoms in total. The molecule has 0 amide bonds. The van der Waals surface area contributed by atoms with Gasteiger partial charge < -0.3 is 5.11 Å². The Morgan fingerprint density at radius 1 is 1.10 bits per heavy atom.